The molecule has 0 N–H and O–H groups in total. The van der Waals surface area contributed by atoms with Gasteiger partial charge in [-0.05, 0) is 78.2 Å². The van der Waals surface area contributed by atoms with E-state index < -0.39 is 23.5 Å². The number of esters is 2. The zero-order valence-corrected chi connectivity index (χ0v) is 26.6. The van der Waals surface area contributed by atoms with E-state index in [0.717, 1.165) is 20.1 Å². The molecule has 0 radical (unpaired) electrons. The molecule has 220 valence electrons. The zero-order valence-electron chi connectivity index (χ0n) is 23.4. The summed E-state index contributed by atoms with van der Waals surface area (Å²) >= 11 is 6.80. The molecule has 4 aromatic carbocycles. The van der Waals surface area contributed by atoms with E-state index in [0.29, 0.717) is 46.1 Å². The van der Waals surface area contributed by atoms with E-state index in [2.05, 4.69) is 31.9 Å². The Morgan fingerprint density at radius 3 is 1.98 bits per heavy atom. The number of carbonyl (C=O) groups is 2. The van der Waals surface area contributed by atoms with E-state index in [1.807, 2.05) is 12.1 Å². The topological polar surface area (TPSA) is 89.5 Å². The Balaban J connectivity index is 1.48. The van der Waals surface area contributed by atoms with Gasteiger partial charge in [0.05, 0.1) is 43.4 Å². The Hall–Kier alpha value is -4.02. The maximum Gasteiger partial charge on any atom is 0.343 e. The largest absolute Gasteiger partial charge is 0.496 e. The highest BCUT2D eigenvalue weighted by Crippen LogP contribution is 2.59. The second-order valence-electron chi connectivity index (χ2n) is 10.2. The number of rotatable bonds is 7. The van der Waals surface area contributed by atoms with Crippen molar-refractivity contribution in [3.05, 3.63) is 110 Å². The summed E-state index contributed by atoms with van der Waals surface area (Å²) in [4.78, 5) is 27.0. The minimum Gasteiger partial charge on any atom is -0.496 e. The van der Waals surface area contributed by atoms with Crippen molar-refractivity contribution >= 4 is 43.8 Å². The van der Waals surface area contributed by atoms with Crippen LogP contribution in [0.5, 0.6) is 28.7 Å². The Bertz CT molecular complexity index is 1720. The van der Waals surface area contributed by atoms with Gasteiger partial charge < -0.3 is 28.4 Å². The van der Waals surface area contributed by atoms with Crippen molar-refractivity contribution in [2.24, 2.45) is 0 Å². The summed E-state index contributed by atoms with van der Waals surface area (Å²) in [5.41, 5.74) is 2.27. The van der Waals surface area contributed by atoms with Gasteiger partial charge in [-0.25, -0.2) is 9.59 Å². The third-order valence-electron chi connectivity index (χ3n) is 7.80. The van der Waals surface area contributed by atoms with Crippen LogP contribution < -0.4 is 23.7 Å². The first kappa shape index (κ1) is 29.1. The summed E-state index contributed by atoms with van der Waals surface area (Å²) < 4.78 is 37.0. The fourth-order valence-corrected chi connectivity index (χ4v) is 6.14. The molecule has 8 nitrogen and oxygen atoms in total. The first-order valence-corrected chi connectivity index (χ1v) is 14.9. The van der Waals surface area contributed by atoms with Gasteiger partial charge in [0.1, 0.15) is 30.0 Å². The van der Waals surface area contributed by atoms with Crippen molar-refractivity contribution in [1.29, 1.82) is 0 Å². The van der Waals surface area contributed by atoms with Crippen molar-refractivity contribution in [1.82, 2.24) is 0 Å². The van der Waals surface area contributed by atoms with Gasteiger partial charge in [0.25, 0.3) is 0 Å². The lowest BCUT2D eigenvalue weighted by atomic mass is 9.59. The van der Waals surface area contributed by atoms with Crippen molar-refractivity contribution in [3.8, 4) is 28.7 Å². The highest BCUT2D eigenvalue weighted by molar-refractivity contribution is 9.10. The molecule has 6 rings (SSSR count). The Morgan fingerprint density at radius 2 is 1.37 bits per heavy atom. The minimum atomic E-state index is -0.878. The van der Waals surface area contributed by atoms with Gasteiger partial charge in [-0.15, -0.1) is 0 Å². The van der Waals surface area contributed by atoms with Crippen LogP contribution in [0.25, 0.3) is 0 Å². The number of hydrogen-bond acceptors (Lipinski definition) is 8. The molecule has 0 amide bonds. The van der Waals surface area contributed by atoms with Gasteiger partial charge in [0.2, 0.25) is 0 Å². The quantitative estimate of drug-likeness (QED) is 0.147. The van der Waals surface area contributed by atoms with Crippen molar-refractivity contribution in [2.45, 2.75) is 17.9 Å². The SMILES string of the molecule is COc1cc2c(c(OC(=O)c3ccc(Br)cc3)c1)[C@H](OC(=O)c1ccc(Br)cc1)[C@]1(CO2)Cc2cc(OC)c(OC)cc21. The van der Waals surface area contributed by atoms with Crippen molar-refractivity contribution < 1.29 is 38.0 Å². The fourth-order valence-electron chi connectivity index (χ4n) is 5.62. The first-order chi connectivity index (χ1) is 20.8. The molecule has 2 atom stereocenters. The average molecular weight is 710 g/mol. The maximum absolute atomic E-state index is 13.6. The summed E-state index contributed by atoms with van der Waals surface area (Å²) in [5.74, 6) is 1.02. The standard InChI is InChI=1S/C33H26Br2O8/c1-38-23-13-27-29(28(14-23)42-31(36)18-4-8-21(34)9-5-18)30(43-32(37)19-6-10-22(35)11-7-19)33(17-41-27)16-20-12-25(39-2)26(40-3)15-24(20)33/h4-15,30H,16-17H2,1-3H3/t30-,33-/m0/s1. The van der Waals surface area contributed by atoms with Crippen LogP contribution in [-0.4, -0.2) is 39.9 Å². The average Bonchev–Trinajstić information content (AvgIpc) is 3.01. The number of carbonyl (C=O) groups excluding carboxylic acids is 2. The van der Waals surface area contributed by atoms with Crippen LogP contribution >= 0.6 is 31.9 Å². The molecule has 0 saturated heterocycles. The van der Waals surface area contributed by atoms with Crippen LogP contribution in [-0.2, 0) is 16.6 Å². The predicted molar refractivity (Wildman–Crippen MR) is 165 cm³/mol. The van der Waals surface area contributed by atoms with Crippen LogP contribution in [0.15, 0.2) is 81.7 Å². The number of benzene rings is 4. The highest BCUT2D eigenvalue weighted by Gasteiger charge is 2.57. The van der Waals surface area contributed by atoms with E-state index in [4.69, 9.17) is 28.4 Å². The summed E-state index contributed by atoms with van der Waals surface area (Å²) in [5, 5.41) is 0. The zero-order chi connectivity index (χ0) is 30.3. The van der Waals surface area contributed by atoms with Gasteiger partial charge in [-0.2, -0.15) is 0 Å². The number of fused-ring (bicyclic) bond motifs is 3. The third kappa shape index (κ3) is 5.23. The van der Waals surface area contributed by atoms with E-state index in [1.54, 1.807) is 74.9 Å². The molecule has 0 unspecified atom stereocenters. The molecule has 1 aliphatic carbocycles. The number of methoxy groups -OCH3 is 3. The van der Waals surface area contributed by atoms with Gasteiger partial charge in [0.15, 0.2) is 11.5 Å². The Morgan fingerprint density at radius 1 is 0.767 bits per heavy atom. The lowest BCUT2D eigenvalue weighted by Gasteiger charge is -2.51. The second kappa shape index (κ2) is 11.6. The van der Waals surface area contributed by atoms with E-state index >= 15 is 0 Å². The van der Waals surface area contributed by atoms with Crippen LogP contribution in [0.4, 0.5) is 0 Å². The normalized spacial score (nSPS) is 17.9. The molecule has 0 bridgehead atoms. The number of halogens is 2. The van der Waals surface area contributed by atoms with Gasteiger partial charge in [0, 0.05) is 21.1 Å². The van der Waals surface area contributed by atoms with Gasteiger partial charge >= 0.3 is 11.9 Å². The van der Waals surface area contributed by atoms with Crippen LogP contribution in [0.2, 0.25) is 0 Å². The van der Waals surface area contributed by atoms with E-state index in [-0.39, 0.29) is 12.4 Å². The molecular formula is C33H26Br2O8. The van der Waals surface area contributed by atoms with Gasteiger partial charge in [-0.3, -0.25) is 0 Å². The molecule has 1 aliphatic heterocycles. The van der Waals surface area contributed by atoms with Crippen molar-refractivity contribution in [3.63, 3.8) is 0 Å². The molecule has 1 heterocycles. The lowest BCUT2D eigenvalue weighted by Crippen LogP contribution is -2.52. The summed E-state index contributed by atoms with van der Waals surface area (Å²) in [6.07, 6.45) is -0.358. The molecule has 2 aliphatic rings. The molecule has 0 fully saturated rings. The molecule has 43 heavy (non-hydrogen) atoms. The monoisotopic (exact) mass is 708 g/mol. The second-order valence-corrected chi connectivity index (χ2v) is 12.0. The Labute approximate surface area is 265 Å². The highest BCUT2D eigenvalue weighted by atomic mass is 79.9. The van der Waals surface area contributed by atoms with Crippen molar-refractivity contribution in [2.75, 3.05) is 27.9 Å². The van der Waals surface area contributed by atoms with Crippen LogP contribution in [0.1, 0.15) is 43.5 Å². The van der Waals surface area contributed by atoms with E-state index in [9.17, 15) is 9.59 Å². The van der Waals surface area contributed by atoms with Crippen LogP contribution in [0.3, 0.4) is 0 Å². The van der Waals surface area contributed by atoms with Crippen LogP contribution in [0, 0.1) is 0 Å². The molecule has 0 aromatic heterocycles. The lowest BCUT2D eigenvalue weighted by molar-refractivity contribution is -0.0280. The molecule has 10 heteroatoms. The predicted octanol–water partition coefficient (Wildman–Crippen LogP) is 7.24. The fraction of sp³-hybridized carbons (Fsp3) is 0.212. The number of hydrogen-bond donors (Lipinski definition) is 0. The summed E-state index contributed by atoms with van der Waals surface area (Å²) in [7, 11) is 4.67. The molecular weight excluding hydrogens is 684 g/mol. The smallest absolute Gasteiger partial charge is 0.343 e. The molecule has 4 aromatic rings. The minimum absolute atomic E-state index is 0.170. The maximum atomic E-state index is 13.6. The summed E-state index contributed by atoms with van der Waals surface area (Å²) in [6, 6.07) is 20.9. The van der Waals surface area contributed by atoms with E-state index in [1.165, 1.54) is 7.11 Å². The van der Waals surface area contributed by atoms with Gasteiger partial charge in [-0.1, -0.05) is 31.9 Å². The number of ether oxygens (including phenoxy) is 6. The Kier molecular flexibility index (Phi) is 7.83. The summed E-state index contributed by atoms with van der Waals surface area (Å²) in [6.45, 7) is 0.202. The molecule has 1 spiro atoms. The third-order valence-corrected chi connectivity index (χ3v) is 8.86. The first-order valence-electron chi connectivity index (χ1n) is 13.3. The molecule has 0 saturated carbocycles.